The number of carbonyl (C=O) groups is 1. The molecule has 3 aromatic rings. The second-order valence-electron chi connectivity index (χ2n) is 6.53. The van der Waals surface area contributed by atoms with E-state index in [0.29, 0.717) is 16.1 Å². The Kier molecular flexibility index (Phi) is 6.38. The maximum absolute atomic E-state index is 13.4. The van der Waals surface area contributed by atoms with Gasteiger partial charge in [-0.15, -0.1) is 0 Å². The normalized spacial score (nSPS) is 12.5. The van der Waals surface area contributed by atoms with Gasteiger partial charge >= 0.3 is 0 Å². The first kappa shape index (κ1) is 20.8. The molecule has 0 aliphatic rings. The highest BCUT2D eigenvalue weighted by Crippen LogP contribution is 2.34. The molecule has 0 aliphatic carbocycles. The van der Waals surface area contributed by atoms with Crippen molar-refractivity contribution < 1.29 is 13.2 Å². The summed E-state index contributed by atoms with van der Waals surface area (Å²) in [5.74, 6) is -0.250. The minimum atomic E-state index is -3.76. The molecule has 0 saturated carbocycles. The van der Waals surface area contributed by atoms with Gasteiger partial charge < -0.3 is 0 Å². The van der Waals surface area contributed by atoms with E-state index in [9.17, 15) is 13.2 Å². The van der Waals surface area contributed by atoms with Gasteiger partial charge in [0.05, 0.1) is 10.1 Å². The number of carbonyl (C=O) groups excluding carboxylic acids is 1. The molecule has 6 heteroatoms. The van der Waals surface area contributed by atoms with Crippen LogP contribution in [0.25, 0.3) is 0 Å². The van der Waals surface area contributed by atoms with E-state index in [1.54, 1.807) is 72.8 Å². The number of aryl methyl sites for hydroxylation is 1. The highest BCUT2D eigenvalue weighted by molar-refractivity contribution is 9.10. The zero-order valence-electron chi connectivity index (χ0n) is 15.1. The molecule has 0 aromatic heterocycles. The fourth-order valence-corrected chi connectivity index (χ4v) is 5.02. The van der Waals surface area contributed by atoms with E-state index in [1.807, 2.05) is 6.92 Å². The molecule has 0 radical (unpaired) electrons. The summed E-state index contributed by atoms with van der Waals surface area (Å²) in [5.41, 5.74) is 1.98. The molecule has 0 bridgehead atoms. The Labute approximate surface area is 178 Å². The second-order valence-corrected chi connectivity index (χ2v) is 10.0. The van der Waals surface area contributed by atoms with Crippen LogP contribution in [0.3, 0.4) is 0 Å². The molecular weight excluding hydrogens is 460 g/mol. The highest BCUT2D eigenvalue weighted by atomic mass is 79.9. The van der Waals surface area contributed by atoms with Crippen molar-refractivity contribution in [3.8, 4) is 0 Å². The molecule has 28 heavy (non-hydrogen) atoms. The molecule has 3 rings (SSSR count). The lowest BCUT2D eigenvalue weighted by Crippen LogP contribution is -2.18. The molecule has 0 fully saturated rings. The predicted octanol–water partition coefficient (Wildman–Crippen LogP) is 6.20. The van der Waals surface area contributed by atoms with Crippen LogP contribution in [0.15, 0.2) is 82.2 Å². The summed E-state index contributed by atoms with van der Waals surface area (Å²) >= 11 is 9.25. The minimum Gasteiger partial charge on any atom is -0.294 e. The SMILES string of the molecule is Cc1ccc(S(=O)(=O)[C@H](CC(=O)c2ccc(Cl)cc2)c2ccc(Br)cc2)cc1. The monoisotopic (exact) mass is 476 g/mol. The first-order valence-corrected chi connectivity index (χ1v) is 11.3. The Morgan fingerprint density at radius 2 is 1.50 bits per heavy atom. The number of hydrogen-bond acceptors (Lipinski definition) is 3. The summed E-state index contributed by atoms with van der Waals surface area (Å²) in [6.45, 7) is 1.90. The van der Waals surface area contributed by atoms with Crippen molar-refractivity contribution >= 4 is 43.2 Å². The number of Topliss-reactive ketones (excluding diaryl/α,β-unsaturated/α-hetero) is 1. The van der Waals surface area contributed by atoms with Crippen LogP contribution >= 0.6 is 27.5 Å². The van der Waals surface area contributed by atoms with Crippen LogP contribution in [0, 0.1) is 6.92 Å². The van der Waals surface area contributed by atoms with Gasteiger partial charge in [0.1, 0.15) is 0 Å². The third-order valence-electron chi connectivity index (χ3n) is 4.50. The van der Waals surface area contributed by atoms with Gasteiger partial charge in [-0.2, -0.15) is 0 Å². The molecule has 0 amide bonds. The van der Waals surface area contributed by atoms with Crippen molar-refractivity contribution in [2.75, 3.05) is 0 Å². The van der Waals surface area contributed by atoms with Crippen LogP contribution < -0.4 is 0 Å². The Hall–Kier alpha value is -1.95. The summed E-state index contributed by atoms with van der Waals surface area (Å²) in [6.07, 6.45) is -0.153. The predicted molar refractivity (Wildman–Crippen MR) is 116 cm³/mol. The molecule has 3 nitrogen and oxygen atoms in total. The van der Waals surface area contributed by atoms with Gasteiger partial charge in [-0.05, 0) is 61.0 Å². The standard InChI is InChI=1S/C22H18BrClO3S/c1-15-2-12-20(13-3-15)28(26,27)22(17-4-8-18(23)9-5-17)14-21(25)16-6-10-19(24)11-7-16/h2-13,22H,14H2,1H3/t22-/m1/s1. The van der Waals surface area contributed by atoms with E-state index in [-0.39, 0.29) is 17.1 Å². The molecule has 0 saturated heterocycles. The lowest BCUT2D eigenvalue weighted by Gasteiger charge is -2.18. The van der Waals surface area contributed by atoms with Crippen molar-refractivity contribution in [2.45, 2.75) is 23.5 Å². The summed E-state index contributed by atoms with van der Waals surface area (Å²) in [6, 6.07) is 20.2. The first-order valence-electron chi connectivity index (χ1n) is 8.62. The van der Waals surface area contributed by atoms with Crippen LogP contribution in [0.2, 0.25) is 5.02 Å². The van der Waals surface area contributed by atoms with Gasteiger partial charge in [0.15, 0.2) is 15.6 Å². The van der Waals surface area contributed by atoms with Gasteiger partial charge in [-0.3, -0.25) is 4.79 Å². The highest BCUT2D eigenvalue weighted by Gasteiger charge is 2.31. The third-order valence-corrected chi connectivity index (χ3v) is 7.40. The molecule has 0 spiro atoms. The molecule has 0 N–H and O–H groups in total. The van der Waals surface area contributed by atoms with E-state index >= 15 is 0 Å². The summed E-state index contributed by atoms with van der Waals surface area (Å²) in [7, 11) is -3.76. The van der Waals surface area contributed by atoms with Gasteiger partial charge in [-0.25, -0.2) is 8.42 Å². The fourth-order valence-electron chi connectivity index (χ4n) is 2.90. The number of benzene rings is 3. The van der Waals surface area contributed by atoms with E-state index in [1.165, 1.54) is 0 Å². The van der Waals surface area contributed by atoms with Gasteiger partial charge in [0.25, 0.3) is 0 Å². The zero-order chi connectivity index (χ0) is 20.3. The zero-order valence-corrected chi connectivity index (χ0v) is 18.3. The van der Waals surface area contributed by atoms with Crippen molar-refractivity contribution in [3.05, 3.63) is 99.0 Å². The van der Waals surface area contributed by atoms with Gasteiger partial charge in [-0.1, -0.05) is 57.4 Å². The van der Waals surface area contributed by atoms with E-state index in [0.717, 1.165) is 10.0 Å². The van der Waals surface area contributed by atoms with Crippen LogP contribution in [-0.2, 0) is 9.84 Å². The van der Waals surface area contributed by atoms with E-state index in [4.69, 9.17) is 11.6 Å². The smallest absolute Gasteiger partial charge is 0.185 e. The van der Waals surface area contributed by atoms with Gasteiger partial charge in [0.2, 0.25) is 0 Å². The van der Waals surface area contributed by atoms with Crippen molar-refractivity contribution in [2.24, 2.45) is 0 Å². The van der Waals surface area contributed by atoms with Crippen molar-refractivity contribution in [1.29, 1.82) is 0 Å². The quantitative estimate of drug-likeness (QED) is 0.397. The lowest BCUT2D eigenvalue weighted by atomic mass is 10.0. The molecule has 1 atom stereocenters. The molecule has 3 aromatic carbocycles. The molecule has 0 aliphatic heterocycles. The molecule has 0 unspecified atom stereocenters. The maximum atomic E-state index is 13.4. The first-order chi connectivity index (χ1) is 13.3. The molecular formula is C22H18BrClO3S. The van der Waals surface area contributed by atoms with Crippen LogP contribution in [0.1, 0.15) is 33.2 Å². The number of hydrogen-bond donors (Lipinski definition) is 0. The van der Waals surface area contributed by atoms with Gasteiger partial charge in [0, 0.05) is 21.5 Å². The average molecular weight is 478 g/mol. The Bertz CT molecular complexity index is 1070. The lowest BCUT2D eigenvalue weighted by molar-refractivity contribution is 0.0980. The number of sulfone groups is 1. The largest absolute Gasteiger partial charge is 0.294 e. The number of rotatable bonds is 6. The fraction of sp³-hybridized carbons (Fsp3) is 0.136. The van der Waals surface area contributed by atoms with Crippen LogP contribution in [-0.4, -0.2) is 14.2 Å². The average Bonchev–Trinajstić information content (AvgIpc) is 2.67. The summed E-state index contributed by atoms with van der Waals surface area (Å²) in [4.78, 5) is 13.0. The second kappa shape index (κ2) is 8.60. The van der Waals surface area contributed by atoms with Crippen molar-refractivity contribution in [3.63, 3.8) is 0 Å². The Morgan fingerprint density at radius 1 is 0.929 bits per heavy atom. The van der Waals surface area contributed by atoms with Crippen molar-refractivity contribution in [1.82, 2.24) is 0 Å². The third kappa shape index (κ3) is 4.72. The van der Waals surface area contributed by atoms with E-state index in [2.05, 4.69) is 15.9 Å². The molecule has 0 heterocycles. The van der Waals surface area contributed by atoms with Crippen LogP contribution in [0.5, 0.6) is 0 Å². The van der Waals surface area contributed by atoms with Crippen LogP contribution in [0.4, 0.5) is 0 Å². The molecule has 144 valence electrons. The summed E-state index contributed by atoms with van der Waals surface area (Å²) in [5, 5.41) is -0.459. The Morgan fingerprint density at radius 3 is 2.07 bits per heavy atom. The number of ketones is 1. The topological polar surface area (TPSA) is 51.2 Å². The summed E-state index contributed by atoms with van der Waals surface area (Å²) < 4.78 is 27.6. The van der Waals surface area contributed by atoms with E-state index < -0.39 is 15.1 Å². The maximum Gasteiger partial charge on any atom is 0.185 e. The minimum absolute atomic E-state index is 0.153. The Balaban J connectivity index is 2.02. The number of halogens is 2.